The van der Waals surface area contributed by atoms with Crippen LogP contribution < -0.4 is 0 Å². The van der Waals surface area contributed by atoms with Crippen LogP contribution in [0.5, 0.6) is 0 Å². The number of halogens is 1. The van der Waals surface area contributed by atoms with E-state index in [4.69, 9.17) is 0 Å². The summed E-state index contributed by atoms with van der Waals surface area (Å²) in [6.45, 7) is 0. The average Bonchev–Trinajstić information content (AvgIpc) is 1.62. The van der Waals surface area contributed by atoms with E-state index < -0.39 is 0 Å². The monoisotopic (exact) mass is 1750 g/mol. The van der Waals surface area contributed by atoms with Gasteiger partial charge in [-0.05, 0) is 41.1 Å². The van der Waals surface area contributed by atoms with Gasteiger partial charge in [-0.2, -0.15) is 0 Å². The fourth-order valence-corrected chi connectivity index (χ4v) is 21.0. The van der Waals surface area contributed by atoms with E-state index in [-0.39, 0.29) is 64.1 Å². The molecule has 106 heavy (non-hydrogen) atoms. The number of fused-ring (bicyclic) bond motifs is 16. The van der Waals surface area contributed by atoms with Crippen molar-refractivity contribution in [3.05, 3.63) is 341 Å². The van der Waals surface area contributed by atoms with Crippen molar-refractivity contribution in [2.45, 2.75) is 6.42 Å². The molecule has 0 atom stereocenters. The number of benzene rings is 8. The minimum atomic E-state index is -0.186. The van der Waals surface area contributed by atoms with Gasteiger partial charge in [0.05, 0.1) is 6.42 Å². The molecule has 0 spiro atoms. The zero-order chi connectivity index (χ0) is 71.8. The molecule has 12 heterocycles. The van der Waals surface area contributed by atoms with E-state index >= 15 is 0 Å². The second-order valence-corrected chi connectivity index (χ2v) is 36.1. The first-order valence-electron chi connectivity index (χ1n) is 33.8. The van der Waals surface area contributed by atoms with Gasteiger partial charge in [0, 0.05) is 33.6 Å². The van der Waals surface area contributed by atoms with Crippen LogP contribution in [0.25, 0.3) is 129 Å². The summed E-state index contributed by atoms with van der Waals surface area (Å²) in [5.41, 5.74) is 11.0. The van der Waals surface area contributed by atoms with E-state index in [1.807, 2.05) is 170 Å². The number of carbonyl (C=O) groups is 5. The Morgan fingerprint density at radius 2 is 0.774 bits per heavy atom. The maximum atomic E-state index is 13.2. The number of nitrogens with one attached hydrogen (secondary N) is 1. The average molecular weight is 1750 g/mol. The maximum absolute atomic E-state index is 13.2. The van der Waals surface area contributed by atoms with Gasteiger partial charge in [-0.15, -0.1) is 0 Å². The van der Waals surface area contributed by atoms with Crippen LogP contribution >= 0.6 is 22.6 Å². The molecule has 22 rings (SSSR count). The number of hydrogen-bond donors (Lipinski definition) is 1. The Morgan fingerprint density at radius 1 is 0.368 bits per heavy atom. The second kappa shape index (κ2) is 29.8. The van der Waals surface area contributed by atoms with Crippen molar-refractivity contribution in [3.63, 3.8) is 0 Å². The van der Waals surface area contributed by atoms with Crippen molar-refractivity contribution in [1.82, 2.24) is 38.6 Å². The Morgan fingerprint density at radius 3 is 1.23 bits per heavy atom. The number of rotatable bonds is 5. The van der Waals surface area contributed by atoms with Gasteiger partial charge in [0.1, 0.15) is 5.65 Å². The largest absolute Gasteiger partial charge is 0.339 e. The molecule has 2 aliphatic carbocycles. The van der Waals surface area contributed by atoms with Gasteiger partial charge in [-0.1, -0.05) is 42.5 Å². The molecule has 2 aliphatic rings. The van der Waals surface area contributed by atoms with Crippen molar-refractivity contribution in [2.75, 3.05) is 0 Å². The van der Waals surface area contributed by atoms with Gasteiger partial charge in [0.25, 0.3) is 0 Å². The van der Waals surface area contributed by atoms with Gasteiger partial charge >= 0.3 is 488 Å². The Labute approximate surface area is 642 Å². The molecule has 13 nitrogen and oxygen atoms in total. The SMILES string of the molecule is Ic1ccc[se]1.O=C1C(=Cc2ccc(-n3c4ccccc4c4cccnc43)[se]2)C(=O)c2cc3ccccc3cc21.O=C1CC(=O)c2cc3ccccc3cc21.O=Cc1ccc(-n2c3ccccc3c3cccnc32)[se]1.c1c[se]c(-n2c3ccccc3c3cccnc32)c1.c1ccc2c(c1)[nH]c1ncccc12. The summed E-state index contributed by atoms with van der Waals surface area (Å²) in [6.07, 6.45) is 10.1. The first kappa shape index (κ1) is 68.0. The van der Waals surface area contributed by atoms with Crippen molar-refractivity contribution in [3.8, 4) is 13.7 Å². The molecule has 0 aliphatic heterocycles. The van der Waals surface area contributed by atoms with Crippen LogP contribution in [0.2, 0.25) is 0 Å². The number of aromatic nitrogens is 8. The molecular weight excluding hydrogens is 1690 g/mol. The molecule has 20 aromatic rings. The van der Waals surface area contributed by atoms with Crippen LogP contribution in [0.1, 0.15) is 61.5 Å². The zero-order valence-electron chi connectivity index (χ0n) is 55.9. The fraction of sp³-hybridized carbons (Fsp3) is 0.0114. The van der Waals surface area contributed by atoms with E-state index in [9.17, 15) is 24.0 Å². The number of para-hydroxylation sites is 4. The number of Topliss-reactive ketones (excluding diaryl/α,β-unsaturated/α-hetero) is 4. The van der Waals surface area contributed by atoms with Crippen LogP contribution in [0, 0.1) is 2.44 Å². The van der Waals surface area contributed by atoms with Gasteiger partial charge < -0.3 is 4.98 Å². The number of pyridine rings is 4. The van der Waals surface area contributed by atoms with E-state index in [0.29, 0.717) is 51.3 Å². The van der Waals surface area contributed by atoms with Gasteiger partial charge in [-0.3, -0.25) is 9.59 Å². The summed E-state index contributed by atoms with van der Waals surface area (Å²) < 4.78 is 13.7. The van der Waals surface area contributed by atoms with Gasteiger partial charge in [0.2, 0.25) is 0 Å². The number of aldehydes is 1. The molecule has 0 fully saturated rings. The van der Waals surface area contributed by atoms with Crippen LogP contribution in [0.3, 0.4) is 0 Å². The molecule has 508 valence electrons. The fourth-order valence-electron chi connectivity index (χ4n) is 13.8. The number of ketones is 4. The summed E-state index contributed by atoms with van der Waals surface area (Å²) in [7, 11) is 0. The number of carbonyl (C=O) groups excluding carboxylic acids is 5. The van der Waals surface area contributed by atoms with Crippen molar-refractivity contribution >= 4 is 225 Å². The first-order chi connectivity index (χ1) is 52.1. The van der Waals surface area contributed by atoms with E-state index in [1.165, 1.54) is 39.5 Å². The van der Waals surface area contributed by atoms with Crippen LogP contribution in [0.4, 0.5) is 0 Å². The minimum Gasteiger partial charge on any atom is -0.339 e. The van der Waals surface area contributed by atoms with Crippen LogP contribution in [0.15, 0.2) is 307 Å². The Balaban J connectivity index is 0.0000000996. The third-order valence-electron chi connectivity index (χ3n) is 18.5. The summed E-state index contributed by atoms with van der Waals surface area (Å²) in [4.78, 5) is 86.0. The molecule has 8 aromatic carbocycles. The van der Waals surface area contributed by atoms with Crippen LogP contribution in [-0.2, 0) is 0 Å². The minimum absolute atomic E-state index is 0.0334. The van der Waals surface area contributed by atoms with Crippen LogP contribution in [-0.4, -0.2) is 126 Å². The van der Waals surface area contributed by atoms with E-state index in [2.05, 4.69) is 186 Å². The number of aromatic amines is 1. The third kappa shape index (κ3) is 13.1. The Bertz CT molecular complexity index is 6540. The number of hydrogen-bond acceptors (Lipinski definition) is 9. The Hall–Kier alpha value is -11.1. The normalized spacial score (nSPS) is 12.3. The predicted octanol–water partition coefficient (Wildman–Crippen LogP) is 18.8. The summed E-state index contributed by atoms with van der Waals surface area (Å²) in [6, 6.07) is 89.2. The van der Waals surface area contributed by atoms with Crippen molar-refractivity contribution < 1.29 is 24.0 Å². The van der Waals surface area contributed by atoms with E-state index in [1.54, 1.807) is 12.3 Å². The first-order valence-corrected chi connectivity index (χ1v) is 42.0. The molecule has 1 N–H and O–H groups in total. The number of allylic oxidation sites excluding steroid dienone is 1. The molecule has 18 heteroatoms. The molecule has 0 saturated carbocycles. The van der Waals surface area contributed by atoms with Gasteiger partial charge in [-0.25, -0.2) is 4.98 Å². The van der Waals surface area contributed by atoms with Gasteiger partial charge in [0.15, 0.2) is 11.6 Å². The maximum Gasteiger partial charge on any atom is 0.138 e. The van der Waals surface area contributed by atoms with Crippen molar-refractivity contribution in [1.29, 1.82) is 0 Å². The predicted molar refractivity (Wildman–Crippen MR) is 439 cm³/mol. The smallest absolute Gasteiger partial charge is 0.138 e. The second-order valence-electron chi connectivity index (χ2n) is 24.8. The Kier molecular flexibility index (Phi) is 19.1. The third-order valence-corrected chi connectivity index (χ3v) is 27.6. The summed E-state index contributed by atoms with van der Waals surface area (Å²) >= 11 is 3.44. The standard InChI is InChI=1S/C29H16N2O2Se.C16H10N2OSe.C15H10N2Se.C13H8O2.C11H8N2.C4H3ISe/c32-27-22-14-17-6-1-2-7-18(17)15-23(22)28(33)24(27)16-19-11-12-26(34-19)31-25-10-4-3-8-20(25)21-9-5-13-30-29(21)31;19-10-11-7-8-15(20-11)18-14-6-2-1-4-12(14)13-5-3-9-17-16(13)18;1-2-7-13-11(5-1)12-6-3-9-16-15(12)17(13)14-8-4-10-18-14;14-12-7-13(15)11-6-9-4-2-1-3-8(9)5-10(11)12;1-2-6-10-8(4-1)9-5-3-7-12-11(9)13-10;5-4-2-1-3-6-4/h1-16H;1-10H;1-10H;1-6H,7H2;1-7H,(H,12,13);1-3H. The molecule has 0 unspecified atom stereocenters. The molecule has 0 radical (unpaired) electrons. The number of nitrogens with zero attached hydrogens (tertiary/aromatic N) is 7. The quantitative estimate of drug-likeness (QED) is 0.0440. The zero-order valence-corrected chi connectivity index (χ0v) is 64.9. The van der Waals surface area contributed by atoms with E-state index in [0.717, 1.165) is 101 Å². The number of H-pyrrole nitrogens is 1. The molecular formula is C88H55IN8O5Se4. The summed E-state index contributed by atoms with van der Waals surface area (Å²) in [5, 5.41) is 13.5. The molecule has 12 aromatic heterocycles. The molecule has 0 bridgehead atoms. The van der Waals surface area contributed by atoms with Crippen molar-refractivity contribution in [2.24, 2.45) is 0 Å². The molecule has 0 amide bonds. The topological polar surface area (TPSA) is 167 Å². The molecule has 0 saturated heterocycles. The summed E-state index contributed by atoms with van der Waals surface area (Å²) in [5.74, 6) is -0.481.